The predicted molar refractivity (Wildman–Crippen MR) is 111 cm³/mol. The normalized spacial score (nSPS) is 11.2. The van der Waals surface area contributed by atoms with Crippen molar-refractivity contribution in [2.45, 2.75) is 46.3 Å². The Labute approximate surface area is 171 Å². The van der Waals surface area contributed by atoms with E-state index in [1.807, 2.05) is 52.0 Å². The van der Waals surface area contributed by atoms with Crippen LogP contribution in [0.4, 0.5) is 0 Å². The first-order valence-corrected chi connectivity index (χ1v) is 9.66. The van der Waals surface area contributed by atoms with Crippen molar-refractivity contribution in [1.82, 2.24) is 15.6 Å². The Bertz CT molecular complexity index is 776. The van der Waals surface area contributed by atoms with Gasteiger partial charge in [-0.3, -0.25) is 9.78 Å². The van der Waals surface area contributed by atoms with E-state index in [0.717, 1.165) is 11.3 Å². The number of rotatable bonds is 9. The summed E-state index contributed by atoms with van der Waals surface area (Å²) in [5.41, 5.74) is 1.52. The van der Waals surface area contributed by atoms with Crippen LogP contribution in [0, 0.1) is 0 Å². The Balaban J connectivity index is 2.02. The highest BCUT2D eigenvalue weighted by Gasteiger charge is 2.16. The zero-order valence-corrected chi connectivity index (χ0v) is 17.6. The van der Waals surface area contributed by atoms with E-state index in [2.05, 4.69) is 15.6 Å². The van der Waals surface area contributed by atoms with Crippen molar-refractivity contribution in [2.24, 2.45) is 0 Å². The zero-order chi connectivity index (χ0) is 20.6. The summed E-state index contributed by atoms with van der Waals surface area (Å²) < 4.78 is 11.3. The van der Waals surface area contributed by atoms with E-state index in [9.17, 15) is 4.79 Å². The lowest BCUT2D eigenvalue weighted by molar-refractivity contribution is -0.124. The molecule has 0 aliphatic carbocycles. The van der Waals surface area contributed by atoms with E-state index in [4.69, 9.17) is 21.1 Å². The van der Waals surface area contributed by atoms with Crippen molar-refractivity contribution >= 4 is 17.5 Å². The van der Waals surface area contributed by atoms with E-state index in [1.165, 1.54) is 0 Å². The van der Waals surface area contributed by atoms with Gasteiger partial charge in [-0.1, -0.05) is 17.7 Å². The van der Waals surface area contributed by atoms with Gasteiger partial charge >= 0.3 is 0 Å². The number of nitrogens with zero attached hydrogens (tertiary/aromatic N) is 1. The van der Waals surface area contributed by atoms with Gasteiger partial charge < -0.3 is 20.1 Å². The van der Waals surface area contributed by atoms with Crippen LogP contribution in [-0.4, -0.2) is 29.6 Å². The quantitative estimate of drug-likeness (QED) is 0.665. The number of aromatic nitrogens is 1. The number of carbonyl (C=O) groups excluding carboxylic acids is 1. The smallest absolute Gasteiger partial charge is 0.258 e. The summed E-state index contributed by atoms with van der Waals surface area (Å²) in [6, 6.07) is 9.32. The Morgan fingerprint density at radius 3 is 2.54 bits per heavy atom. The molecule has 0 spiro atoms. The summed E-state index contributed by atoms with van der Waals surface area (Å²) in [6.45, 7) is 9.20. The van der Waals surface area contributed by atoms with Gasteiger partial charge in [-0.2, -0.15) is 0 Å². The largest absolute Gasteiger partial charge is 0.490 e. The van der Waals surface area contributed by atoms with Crippen molar-refractivity contribution in [3.05, 3.63) is 52.8 Å². The summed E-state index contributed by atoms with van der Waals surface area (Å²) in [5, 5.41) is 6.72. The molecule has 7 heteroatoms. The van der Waals surface area contributed by atoms with Crippen LogP contribution in [0.5, 0.6) is 11.5 Å². The molecule has 2 rings (SSSR count). The molecular formula is C21H28ClN3O3. The summed E-state index contributed by atoms with van der Waals surface area (Å²) in [5.74, 6) is 0.807. The number of pyridine rings is 1. The molecule has 0 unspecified atom stereocenters. The van der Waals surface area contributed by atoms with Crippen molar-refractivity contribution in [1.29, 1.82) is 0 Å². The van der Waals surface area contributed by atoms with Crippen molar-refractivity contribution < 1.29 is 14.3 Å². The predicted octanol–water partition coefficient (Wildman–Crippen LogP) is 3.72. The van der Waals surface area contributed by atoms with Crippen molar-refractivity contribution in [3.63, 3.8) is 0 Å². The molecule has 0 fully saturated rings. The molecule has 0 aliphatic rings. The SMILES string of the molecule is CCOc1cc(CNCc2ccccn2)c(Cl)cc1OCC(=O)NC(C)(C)C. The molecule has 6 nitrogen and oxygen atoms in total. The van der Waals surface area contributed by atoms with Gasteiger partial charge in [0.05, 0.1) is 12.3 Å². The van der Waals surface area contributed by atoms with Crippen LogP contribution in [0.25, 0.3) is 0 Å². The molecule has 0 saturated carbocycles. The Morgan fingerprint density at radius 1 is 1.14 bits per heavy atom. The highest BCUT2D eigenvalue weighted by molar-refractivity contribution is 6.31. The van der Waals surface area contributed by atoms with E-state index >= 15 is 0 Å². The Kier molecular flexibility index (Phi) is 8.08. The van der Waals surface area contributed by atoms with Crippen molar-refractivity contribution in [2.75, 3.05) is 13.2 Å². The number of nitrogens with one attached hydrogen (secondary N) is 2. The Hall–Kier alpha value is -2.31. The molecule has 28 heavy (non-hydrogen) atoms. The minimum absolute atomic E-state index is 0.106. The molecule has 152 valence electrons. The molecule has 1 aromatic heterocycles. The van der Waals surface area contributed by atoms with Crippen LogP contribution in [-0.2, 0) is 17.9 Å². The van der Waals surface area contributed by atoms with Crippen LogP contribution in [0.3, 0.4) is 0 Å². The first-order chi connectivity index (χ1) is 13.3. The minimum Gasteiger partial charge on any atom is -0.490 e. The van der Waals surface area contributed by atoms with Crippen LogP contribution in [0.1, 0.15) is 39.0 Å². The second-order valence-electron chi connectivity index (χ2n) is 7.33. The molecule has 0 aliphatic heterocycles. The molecule has 0 atom stereocenters. The molecule has 0 bridgehead atoms. The molecule has 0 radical (unpaired) electrons. The maximum atomic E-state index is 12.0. The molecule has 1 aromatic carbocycles. The average molecular weight is 406 g/mol. The number of hydrogen-bond acceptors (Lipinski definition) is 5. The summed E-state index contributed by atoms with van der Waals surface area (Å²) in [4.78, 5) is 16.3. The highest BCUT2D eigenvalue weighted by Crippen LogP contribution is 2.33. The number of halogens is 1. The third-order valence-electron chi connectivity index (χ3n) is 3.63. The number of benzene rings is 1. The third-order valence-corrected chi connectivity index (χ3v) is 3.99. The summed E-state index contributed by atoms with van der Waals surface area (Å²) in [7, 11) is 0. The third kappa shape index (κ3) is 7.37. The monoisotopic (exact) mass is 405 g/mol. The van der Waals surface area contributed by atoms with E-state index in [-0.39, 0.29) is 18.1 Å². The maximum absolute atomic E-state index is 12.0. The van der Waals surface area contributed by atoms with Gasteiger partial charge in [0, 0.05) is 35.9 Å². The summed E-state index contributed by atoms with van der Waals surface area (Å²) >= 11 is 6.41. The molecule has 1 heterocycles. The molecule has 2 N–H and O–H groups in total. The second-order valence-corrected chi connectivity index (χ2v) is 7.74. The fourth-order valence-electron chi connectivity index (χ4n) is 2.52. The fraction of sp³-hybridized carbons (Fsp3) is 0.429. The lowest BCUT2D eigenvalue weighted by atomic mass is 10.1. The number of ether oxygens (including phenoxy) is 2. The standard InChI is InChI=1S/C21H28ClN3O3/c1-5-27-18-10-15(12-23-13-16-8-6-7-9-24-16)17(22)11-19(18)28-14-20(26)25-21(2,3)4/h6-11,23H,5,12-14H2,1-4H3,(H,25,26). The van der Waals surface area contributed by atoms with E-state index in [0.29, 0.717) is 36.2 Å². The number of hydrogen-bond donors (Lipinski definition) is 2. The van der Waals surface area contributed by atoms with Crippen LogP contribution >= 0.6 is 11.6 Å². The van der Waals surface area contributed by atoms with Gasteiger partial charge in [-0.05, 0) is 51.5 Å². The average Bonchev–Trinajstić information content (AvgIpc) is 2.62. The molecule has 2 aromatic rings. The molecular weight excluding hydrogens is 378 g/mol. The van der Waals surface area contributed by atoms with E-state index < -0.39 is 0 Å². The van der Waals surface area contributed by atoms with Gasteiger partial charge in [0.1, 0.15) is 0 Å². The minimum atomic E-state index is -0.316. The highest BCUT2D eigenvalue weighted by atomic mass is 35.5. The van der Waals surface area contributed by atoms with E-state index in [1.54, 1.807) is 12.3 Å². The van der Waals surface area contributed by atoms with Gasteiger partial charge in [-0.15, -0.1) is 0 Å². The Morgan fingerprint density at radius 2 is 1.89 bits per heavy atom. The van der Waals surface area contributed by atoms with Gasteiger partial charge in [-0.25, -0.2) is 0 Å². The van der Waals surface area contributed by atoms with Gasteiger partial charge in [0.2, 0.25) is 0 Å². The second kappa shape index (κ2) is 10.3. The molecule has 1 amide bonds. The summed E-state index contributed by atoms with van der Waals surface area (Å²) in [6.07, 6.45) is 1.76. The van der Waals surface area contributed by atoms with Crippen molar-refractivity contribution in [3.8, 4) is 11.5 Å². The lowest BCUT2D eigenvalue weighted by Gasteiger charge is -2.21. The fourth-order valence-corrected chi connectivity index (χ4v) is 2.74. The number of amides is 1. The van der Waals surface area contributed by atoms with Crippen LogP contribution in [0.2, 0.25) is 5.02 Å². The topological polar surface area (TPSA) is 72.5 Å². The first-order valence-electron chi connectivity index (χ1n) is 9.28. The lowest BCUT2D eigenvalue weighted by Crippen LogP contribution is -2.43. The van der Waals surface area contributed by atoms with Gasteiger partial charge in [0.15, 0.2) is 18.1 Å². The molecule has 0 saturated heterocycles. The first kappa shape index (κ1) is 22.0. The zero-order valence-electron chi connectivity index (χ0n) is 16.8. The van der Waals surface area contributed by atoms with Crippen LogP contribution < -0.4 is 20.1 Å². The number of carbonyl (C=O) groups is 1. The van der Waals surface area contributed by atoms with Crippen LogP contribution in [0.15, 0.2) is 36.5 Å². The maximum Gasteiger partial charge on any atom is 0.258 e. The van der Waals surface area contributed by atoms with Gasteiger partial charge in [0.25, 0.3) is 5.91 Å².